The molecule has 1 aliphatic heterocycles. The topological polar surface area (TPSA) is 127 Å². The van der Waals surface area contributed by atoms with Crippen molar-refractivity contribution in [3.63, 3.8) is 0 Å². The minimum Gasteiger partial charge on any atom is -0.454 e. The Labute approximate surface area is 277 Å². The Bertz CT molecular complexity index is 1780. The molecule has 3 aromatic carbocycles. The van der Waals surface area contributed by atoms with E-state index in [4.69, 9.17) is 13.3 Å². The van der Waals surface area contributed by atoms with E-state index in [0.717, 1.165) is 16.7 Å². The van der Waals surface area contributed by atoms with Crippen LogP contribution in [0.1, 0.15) is 83.8 Å². The highest BCUT2D eigenvalue weighted by Gasteiger charge is 2.28. The van der Waals surface area contributed by atoms with Crippen LogP contribution in [0.3, 0.4) is 0 Å². The molecular weight excluding hydrogens is 606 g/mol. The molecule has 1 aliphatic rings. The standard InChI is InChI=1S/C39H33N3O6/c43-37-34-20-17-32(47-34)29(23-26-12-6-2-7-13-26)42-39(45)36-21-18-33(48-36)30(24-27-14-8-3-9-15-27)41-38(44)35-19-16-31(46-35)28(40-37)22-25-10-4-1-5-11-25/h1-21,28-30H,22-24H2,(H,40,43)(H,41,44)(H,42,45)/t28-,29-,30-/m0/s1. The summed E-state index contributed by atoms with van der Waals surface area (Å²) in [6.07, 6.45) is 1.23. The Hall–Kier alpha value is -6.09. The van der Waals surface area contributed by atoms with Gasteiger partial charge in [0.25, 0.3) is 17.7 Å². The fourth-order valence-electron chi connectivity index (χ4n) is 5.89. The van der Waals surface area contributed by atoms with Crippen LogP contribution in [-0.2, 0) is 19.3 Å². The number of furan rings is 3. The minimum absolute atomic E-state index is 0.0741. The lowest BCUT2D eigenvalue weighted by Crippen LogP contribution is -2.31. The lowest BCUT2D eigenvalue weighted by molar-refractivity contribution is 0.0886. The molecule has 3 aromatic heterocycles. The van der Waals surface area contributed by atoms with Gasteiger partial charge in [-0.15, -0.1) is 0 Å². The molecule has 0 saturated heterocycles. The van der Waals surface area contributed by atoms with E-state index in [9.17, 15) is 14.4 Å². The number of rotatable bonds is 6. The van der Waals surface area contributed by atoms with Crippen molar-refractivity contribution in [2.45, 2.75) is 37.4 Å². The maximum Gasteiger partial charge on any atom is 0.287 e. The first-order valence-corrected chi connectivity index (χ1v) is 15.8. The lowest BCUT2D eigenvalue weighted by atomic mass is 10.0. The molecule has 0 saturated carbocycles. The molecule has 0 unspecified atom stereocenters. The molecule has 0 radical (unpaired) electrons. The van der Waals surface area contributed by atoms with Gasteiger partial charge in [0, 0.05) is 0 Å². The average Bonchev–Trinajstić information content (AvgIpc) is 3.90. The van der Waals surface area contributed by atoms with Crippen LogP contribution in [0.5, 0.6) is 0 Å². The molecule has 9 nitrogen and oxygen atoms in total. The minimum atomic E-state index is -0.610. The van der Waals surface area contributed by atoms with E-state index >= 15 is 0 Å². The van der Waals surface area contributed by atoms with E-state index in [0.29, 0.717) is 36.5 Å². The van der Waals surface area contributed by atoms with Crippen molar-refractivity contribution in [2.75, 3.05) is 0 Å². The SMILES string of the molecule is O=C1N[C@@H](Cc2ccccc2)c2ccc(o2)C(=O)N[C@@H](Cc2ccccc2)c2ccc(o2)C(=O)N[C@@H](Cc2ccccc2)c2ccc1o2. The number of nitrogens with one attached hydrogen (secondary N) is 3. The van der Waals surface area contributed by atoms with Gasteiger partial charge in [0.05, 0.1) is 18.1 Å². The monoisotopic (exact) mass is 639 g/mol. The molecule has 3 amide bonds. The van der Waals surface area contributed by atoms with Crippen LogP contribution in [0, 0.1) is 0 Å². The van der Waals surface area contributed by atoms with Crippen LogP contribution in [0.2, 0.25) is 0 Å². The van der Waals surface area contributed by atoms with E-state index < -0.39 is 35.8 Å². The molecule has 6 aromatic rings. The first kappa shape index (κ1) is 30.6. The summed E-state index contributed by atoms with van der Waals surface area (Å²) in [5.41, 5.74) is 2.90. The normalized spacial score (nSPS) is 18.2. The van der Waals surface area contributed by atoms with E-state index in [1.807, 2.05) is 91.0 Å². The predicted octanol–water partition coefficient (Wildman–Crippen LogP) is 6.92. The average molecular weight is 640 g/mol. The maximum absolute atomic E-state index is 13.6. The third-order valence-electron chi connectivity index (χ3n) is 8.35. The van der Waals surface area contributed by atoms with Gasteiger partial charge in [0.15, 0.2) is 17.3 Å². The van der Waals surface area contributed by atoms with Crippen LogP contribution in [-0.4, -0.2) is 17.7 Å². The van der Waals surface area contributed by atoms with Gasteiger partial charge in [0.1, 0.15) is 17.3 Å². The van der Waals surface area contributed by atoms with Crippen molar-refractivity contribution in [3.05, 3.63) is 179 Å². The molecule has 48 heavy (non-hydrogen) atoms. The number of hydrogen-bond donors (Lipinski definition) is 3. The summed E-state index contributed by atoms with van der Waals surface area (Å²) in [4.78, 5) is 40.8. The number of fused-ring (bicyclic) bond motifs is 6. The number of hydrogen-bond acceptors (Lipinski definition) is 6. The van der Waals surface area contributed by atoms with Crippen LogP contribution < -0.4 is 16.0 Å². The predicted molar refractivity (Wildman–Crippen MR) is 177 cm³/mol. The highest BCUT2D eigenvalue weighted by Crippen LogP contribution is 2.27. The van der Waals surface area contributed by atoms with E-state index in [2.05, 4.69) is 16.0 Å². The lowest BCUT2D eigenvalue weighted by Gasteiger charge is -2.19. The van der Waals surface area contributed by atoms with Crippen molar-refractivity contribution in [1.82, 2.24) is 16.0 Å². The quantitative estimate of drug-likeness (QED) is 0.182. The van der Waals surface area contributed by atoms with Gasteiger partial charge in [-0.1, -0.05) is 91.0 Å². The van der Waals surface area contributed by atoms with Crippen molar-refractivity contribution in [2.24, 2.45) is 0 Å². The van der Waals surface area contributed by atoms with Gasteiger partial charge >= 0.3 is 0 Å². The zero-order valence-electron chi connectivity index (χ0n) is 25.9. The second-order valence-electron chi connectivity index (χ2n) is 11.8. The number of amides is 3. The van der Waals surface area contributed by atoms with Crippen LogP contribution in [0.4, 0.5) is 0 Å². The molecule has 0 aliphatic carbocycles. The third kappa shape index (κ3) is 7.00. The number of carbonyl (C=O) groups excluding carboxylic acids is 3. The molecule has 6 bridgehead atoms. The molecule has 3 N–H and O–H groups in total. The summed E-state index contributed by atoms with van der Waals surface area (Å²) < 4.78 is 18.3. The highest BCUT2D eigenvalue weighted by atomic mass is 16.4. The summed E-state index contributed by atoms with van der Waals surface area (Å²) in [6.45, 7) is 0. The molecule has 3 atom stereocenters. The molecule has 4 heterocycles. The second kappa shape index (κ2) is 13.7. The van der Waals surface area contributed by atoms with Gasteiger partial charge in [-0.25, -0.2) is 0 Å². The van der Waals surface area contributed by atoms with Gasteiger partial charge in [0.2, 0.25) is 0 Å². The van der Waals surface area contributed by atoms with Gasteiger partial charge < -0.3 is 29.2 Å². The van der Waals surface area contributed by atoms with Gasteiger partial charge in [-0.2, -0.15) is 0 Å². The number of benzene rings is 3. The third-order valence-corrected chi connectivity index (χ3v) is 8.35. The molecular formula is C39H33N3O6. The summed E-state index contributed by atoms with van der Waals surface area (Å²) in [5, 5.41) is 9.09. The van der Waals surface area contributed by atoms with Gasteiger partial charge in [-0.05, 0) is 72.4 Å². The van der Waals surface area contributed by atoms with Crippen molar-refractivity contribution in [3.8, 4) is 0 Å². The Kier molecular flexibility index (Phi) is 8.74. The fourth-order valence-corrected chi connectivity index (χ4v) is 5.89. The number of carbonyl (C=O) groups is 3. The van der Waals surface area contributed by atoms with E-state index in [-0.39, 0.29) is 17.3 Å². The summed E-state index contributed by atoms with van der Waals surface area (Å²) >= 11 is 0. The van der Waals surface area contributed by atoms with Gasteiger partial charge in [-0.3, -0.25) is 14.4 Å². The fraction of sp³-hybridized carbons (Fsp3) is 0.154. The molecule has 7 rings (SSSR count). The Morgan fingerprint density at radius 3 is 0.917 bits per heavy atom. The van der Waals surface area contributed by atoms with Crippen molar-refractivity contribution in [1.29, 1.82) is 0 Å². The second-order valence-corrected chi connectivity index (χ2v) is 11.8. The maximum atomic E-state index is 13.6. The first-order valence-electron chi connectivity index (χ1n) is 15.8. The summed E-state index contributed by atoms with van der Waals surface area (Å²) in [5.74, 6) is 0.0792. The van der Waals surface area contributed by atoms with Crippen molar-refractivity contribution < 1.29 is 27.6 Å². The van der Waals surface area contributed by atoms with Crippen molar-refractivity contribution >= 4 is 17.7 Å². The largest absolute Gasteiger partial charge is 0.454 e. The van der Waals surface area contributed by atoms with Crippen LogP contribution >= 0.6 is 0 Å². The summed E-state index contributed by atoms with van der Waals surface area (Å²) in [7, 11) is 0. The summed E-state index contributed by atoms with van der Waals surface area (Å²) in [6, 6.07) is 37.1. The molecule has 240 valence electrons. The van der Waals surface area contributed by atoms with Crippen LogP contribution in [0.15, 0.2) is 141 Å². The Morgan fingerprint density at radius 2 is 0.646 bits per heavy atom. The molecule has 0 spiro atoms. The molecule has 0 fully saturated rings. The highest BCUT2D eigenvalue weighted by molar-refractivity contribution is 5.93. The van der Waals surface area contributed by atoms with E-state index in [1.165, 1.54) is 0 Å². The first-order chi connectivity index (χ1) is 23.5. The smallest absolute Gasteiger partial charge is 0.287 e. The molecule has 9 heteroatoms. The Balaban J connectivity index is 1.28. The van der Waals surface area contributed by atoms with E-state index in [1.54, 1.807) is 36.4 Å². The zero-order chi connectivity index (χ0) is 32.9. The van der Waals surface area contributed by atoms with Crippen LogP contribution in [0.25, 0.3) is 0 Å². The Morgan fingerprint density at radius 1 is 0.375 bits per heavy atom. The zero-order valence-corrected chi connectivity index (χ0v) is 25.9.